The summed E-state index contributed by atoms with van der Waals surface area (Å²) >= 11 is 0. The molecule has 0 aliphatic carbocycles. The fourth-order valence-corrected chi connectivity index (χ4v) is 3.37. The molecular formula is C27H27NO7. The van der Waals surface area contributed by atoms with Gasteiger partial charge in [-0.15, -0.1) is 0 Å². The van der Waals surface area contributed by atoms with Crippen LogP contribution in [0.4, 0.5) is 5.69 Å². The van der Waals surface area contributed by atoms with Crippen LogP contribution in [0.2, 0.25) is 0 Å². The second-order valence-electron chi connectivity index (χ2n) is 7.29. The second kappa shape index (κ2) is 11.5. The first kappa shape index (κ1) is 25.0. The smallest absolute Gasteiger partial charge is 0.248 e. The Morgan fingerprint density at radius 1 is 0.771 bits per heavy atom. The van der Waals surface area contributed by atoms with Gasteiger partial charge in [0.2, 0.25) is 11.7 Å². The standard InChI is InChI=1S/C27H27NO7/c1-32-21-12-11-19(10-8-18-15-22(33-2)27(35-4)23(16-18)34-3)25(26(21)31)28-24(30)13-9-17-6-5-7-20(29)14-17/h5-16,29,31H,1-4H3,(H,28,30). The summed E-state index contributed by atoms with van der Waals surface area (Å²) < 4.78 is 21.3. The van der Waals surface area contributed by atoms with Crippen molar-refractivity contribution < 1.29 is 34.0 Å². The van der Waals surface area contributed by atoms with Crippen molar-refractivity contribution in [2.24, 2.45) is 0 Å². The van der Waals surface area contributed by atoms with Crippen LogP contribution in [0.1, 0.15) is 16.7 Å². The van der Waals surface area contributed by atoms with E-state index in [9.17, 15) is 15.0 Å². The summed E-state index contributed by atoms with van der Waals surface area (Å²) in [6, 6.07) is 13.3. The van der Waals surface area contributed by atoms with Gasteiger partial charge in [-0.05, 0) is 53.6 Å². The first-order valence-electron chi connectivity index (χ1n) is 10.6. The number of hydrogen-bond acceptors (Lipinski definition) is 7. The van der Waals surface area contributed by atoms with Crippen LogP contribution in [0.5, 0.6) is 34.5 Å². The third-order valence-corrected chi connectivity index (χ3v) is 5.08. The van der Waals surface area contributed by atoms with E-state index in [0.717, 1.165) is 5.56 Å². The van der Waals surface area contributed by atoms with Gasteiger partial charge in [-0.1, -0.05) is 24.3 Å². The number of aromatic hydroxyl groups is 2. The van der Waals surface area contributed by atoms with E-state index in [-0.39, 0.29) is 22.9 Å². The molecule has 0 atom stereocenters. The van der Waals surface area contributed by atoms with E-state index in [4.69, 9.17) is 18.9 Å². The lowest BCUT2D eigenvalue weighted by Crippen LogP contribution is -2.09. The third-order valence-electron chi connectivity index (χ3n) is 5.08. The van der Waals surface area contributed by atoms with E-state index in [1.165, 1.54) is 46.6 Å². The normalized spacial score (nSPS) is 11.0. The fraction of sp³-hybridized carbons (Fsp3) is 0.148. The van der Waals surface area contributed by atoms with Crippen LogP contribution in [0.15, 0.2) is 54.6 Å². The van der Waals surface area contributed by atoms with E-state index in [1.54, 1.807) is 54.6 Å². The number of rotatable bonds is 9. The Hall–Kier alpha value is -4.59. The molecule has 8 heteroatoms. The van der Waals surface area contributed by atoms with Crippen LogP contribution in [0.3, 0.4) is 0 Å². The molecule has 0 bridgehead atoms. The predicted octanol–water partition coefficient (Wildman–Crippen LogP) is 4.95. The van der Waals surface area contributed by atoms with Gasteiger partial charge in [0.25, 0.3) is 0 Å². The van der Waals surface area contributed by atoms with E-state index in [2.05, 4.69) is 5.32 Å². The predicted molar refractivity (Wildman–Crippen MR) is 135 cm³/mol. The van der Waals surface area contributed by atoms with E-state index in [1.807, 2.05) is 0 Å². The summed E-state index contributed by atoms with van der Waals surface area (Å²) in [4.78, 5) is 12.6. The van der Waals surface area contributed by atoms with Gasteiger partial charge < -0.3 is 34.5 Å². The Morgan fingerprint density at radius 2 is 1.46 bits per heavy atom. The molecule has 0 radical (unpaired) electrons. The maximum Gasteiger partial charge on any atom is 0.248 e. The zero-order valence-corrected chi connectivity index (χ0v) is 19.9. The van der Waals surface area contributed by atoms with Gasteiger partial charge in [0, 0.05) is 11.6 Å². The number of carbonyl (C=O) groups excluding carboxylic acids is 1. The van der Waals surface area contributed by atoms with Crippen molar-refractivity contribution >= 4 is 29.8 Å². The van der Waals surface area contributed by atoms with Gasteiger partial charge >= 0.3 is 0 Å². The first-order valence-corrected chi connectivity index (χ1v) is 10.6. The molecule has 0 saturated carbocycles. The molecule has 0 fully saturated rings. The van der Waals surface area contributed by atoms with Crippen molar-refractivity contribution in [1.82, 2.24) is 0 Å². The second-order valence-corrected chi connectivity index (χ2v) is 7.29. The lowest BCUT2D eigenvalue weighted by Gasteiger charge is -2.14. The Morgan fingerprint density at radius 3 is 2.06 bits per heavy atom. The number of anilines is 1. The number of ether oxygens (including phenoxy) is 4. The van der Waals surface area contributed by atoms with Crippen molar-refractivity contribution in [2.45, 2.75) is 0 Å². The Labute approximate surface area is 203 Å². The molecule has 0 saturated heterocycles. The van der Waals surface area contributed by atoms with E-state index in [0.29, 0.717) is 28.4 Å². The molecule has 8 nitrogen and oxygen atoms in total. The Bertz CT molecular complexity index is 1240. The monoisotopic (exact) mass is 477 g/mol. The Kier molecular flexibility index (Phi) is 8.24. The first-order chi connectivity index (χ1) is 16.9. The van der Waals surface area contributed by atoms with Gasteiger partial charge in [0.15, 0.2) is 23.0 Å². The largest absolute Gasteiger partial charge is 0.508 e. The number of hydrogen-bond donors (Lipinski definition) is 3. The van der Waals surface area contributed by atoms with Crippen molar-refractivity contribution in [3.63, 3.8) is 0 Å². The van der Waals surface area contributed by atoms with Crippen molar-refractivity contribution in [3.8, 4) is 34.5 Å². The highest BCUT2D eigenvalue weighted by molar-refractivity contribution is 6.04. The summed E-state index contributed by atoms with van der Waals surface area (Å²) in [7, 11) is 6.02. The highest BCUT2D eigenvalue weighted by atomic mass is 16.5. The van der Waals surface area contributed by atoms with Crippen LogP contribution < -0.4 is 24.3 Å². The maximum absolute atomic E-state index is 12.6. The summed E-state index contributed by atoms with van der Waals surface area (Å²) in [5.74, 6) is 1.09. The van der Waals surface area contributed by atoms with E-state index >= 15 is 0 Å². The number of carbonyl (C=O) groups is 1. The zero-order valence-electron chi connectivity index (χ0n) is 19.9. The van der Waals surface area contributed by atoms with Crippen LogP contribution in [-0.4, -0.2) is 44.6 Å². The van der Waals surface area contributed by atoms with Crippen molar-refractivity contribution in [1.29, 1.82) is 0 Å². The molecule has 0 unspecified atom stereocenters. The summed E-state index contributed by atoms with van der Waals surface area (Å²) in [6.07, 6.45) is 6.37. The number of amides is 1. The summed E-state index contributed by atoms with van der Waals surface area (Å²) in [5.41, 5.74) is 2.11. The Balaban J connectivity index is 1.93. The number of nitrogens with one attached hydrogen (secondary N) is 1. The lowest BCUT2D eigenvalue weighted by atomic mass is 10.1. The molecule has 3 aromatic carbocycles. The van der Waals surface area contributed by atoms with Crippen molar-refractivity contribution in [3.05, 3.63) is 71.3 Å². The van der Waals surface area contributed by atoms with Gasteiger partial charge in [-0.25, -0.2) is 0 Å². The molecule has 0 spiro atoms. The molecule has 3 N–H and O–H groups in total. The van der Waals surface area contributed by atoms with Gasteiger partial charge in [0.05, 0.1) is 34.1 Å². The number of methoxy groups -OCH3 is 4. The zero-order chi connectivity index (χ0) is 25.4. The molecule has 0 aliphatic rings. The van der Waals surface area contributed by atoms with Crippen LogP contribution in [-0.2, 0) is 4.79 Å². The topological polar surface area (TPSA) is 106 Å². The maximum atomic E-state index is 12.6. The number of phenols is 2. The molecule has 35 heavy (non-hydrogen) atoms. The molecule has 0 aromatic heterocycles. The highest BCUT2D eigenvalue weighted by Crippen LogP contribution is 2.40. The van der Waals surface area contributed by atoms with Crippen LogP contribution >= 0.6 is 0 Å². The average Bonchev–Trinajstić information content (AvgIpc) is 2.87. The summed E-state index contributed by atoms with van der Waals surface area (Å²) in [5, 5.41) is 23.0. The minimum Gasteiger partial charge on any atom is -0.508 e. The van der Waals surface area contributed by atoms with E-state index < -0.39 is 5.91 Å². The molecular weight excluding hydrogens is 450 g/mol. The molecule has 182 valence electrons. The SMILES string of the molecule is COc1ccc(C=Cc2cc(OC)c(OC)c(OC)c2)c(NC(=O)C=Cc2cccc(O)c2)c1O. The molecule has 3 aromatic rings. The fourth-order valence-electron chi connectivity index (χ4n) is 3.37. The molecule has 1 amide bonds. The quantitative estimate of drug-likeness (QED) is 0.227. The number of phenolic OH excluding ortho intramolecular Hbond substituents is 2. The number of benzene rings is 3. The van der Waals surface area contributed by atoms with Gasteiger partial charge in [0.1, 0.15) is 5.75 Å². The lowest BCUT2D eigenvalue weighted by molar-refractivity contribution is -0.111. The van der Waals surface area contributed by atoms with Crippen LogP contribution in [0, 0.1) is 0 Å². The van der Waals surface area contributed by atoms with Crippen molar-refractivity contribution in [2.75, 3.05) is 33.8 Å². The minimum absolute atomic E-state index is 0.0946. The minimum atomic E-state index is -0.473. The van der Waals surface area contributed by atoms with Gasteiger partial charge in [-0.3, -0.25) is 4.79 Å². The van der Waals surface area contributed by atoms with Gasteiger partial charge in [-0.2, -0.15) is 0 Å². The molecule has 3 rings (SSSR count). The molecule has 0 heterocycles. The van der Waals surface area contributed by atoms with Crippen LogP contribution in [0.25, 0.3) is 18.2 Å². The average molecular weight is 478 g/mol. The highest BCUT2D eigenvalue weighted by Gasteiger charge is 2.15. The third kappa shape index (κ3) is 6.05. The molecule has 0 aliphatic heterocycles. The summed E-state index contributed by atoms with van der Waals surface area (Å²) in [6.45, 7) is 0.